The van der Waals surface area contributed by atoms with Gasteiger partial charge in [-0.05, 0) is 32.4 Å². The summed E-state index contributed by atoms with van der Waals surface area (Å²) < 4.78 is 33.0. The van der Waals surface area contributed by atoms with E-state index in [2.05, 4.69) is 10.5 Å². The van der Waals surface area contributed by atoms with Crippen LogP contribution >= 0.6 is 11.3 Å². The molecule has 1 amide bonds. The maximum atomic E-state index is 13.0. The number of sulfonamides is 1. The molecule has 0 aliphatic carbocycles. The number of hydrogen-bond donors (Lipinski definition) is 1. The van der Waals surface area contributed by atoms with E-state index in [1.165, 1.54) is 15.6 Å². The van der Waals surface area contributed by atoms with Crippen LogP contribution in [0.25, 0.3) is 10.4 Å². The van der Waals surface area contributed by atoms with Crippen LogP contribution in [0.3, 0.4) is 0 Å². The van der Waals surface area contributed by atoms with Gasteiger partial charge in [-0.15, -0.1) is 11.3 Å². The Balaban J connectivity index is 1.60. The highest BCUT2D eigenvalue weighted by atomic mass is 32.2. The maximum Gasteiger partial charge on any atom is 0.252 e. The predicted molar refractivity (Wildman–Crippen MR) is 92.7 cm³/mol. The van der Waals surface area contributed by atoms with E-state index >= 15 is 0 Å². The molecule has 134 valence electrons. The normalized spacial score (nSPS) is 24.3. The molecule has 0 radical (unpaired) electrons. The van der Waals surface area contributed by atoms with E-state index < -0.39 is 10.0 Å². The van der Waals surface area contributed by atoms with Crippen molar-refractivity contribution < 1.29 is 17.7 Å². The number of thiophene rings is 1. The molecule has 4 rings (SSSR count). The van der Waals surface area contributed by atoms with Gasteiger partial charge in [-0.25, -0.2) is 8.42 Å². The number of rotatable bonds is 3. The molecule has 2 fully saturated rings. The lowest BCUT2D eigenvalue weighted by atomic mass is 9.95. The Bertz CT molecular complexity index is 912. The summed E-state index contributed by atoms with van der Waals surface area (Å²) in [4.78, 5) is 12.4. The van der Waals surface area contributed by atoms with Crippen LogP contribution in [-0.2, 0) is 14.8 Å². The van der Waals surface area contributed by atoms with Gasteiger partial charge in [0.05, 0.1) is 11.3 Å². The molecule has 7 nitrogen and oxygen atoms in total. The monoisotopic (exact) mass is 381 g/mol. The Morgan fingerprint density at radius 3 is 2.88 bits per heavy atom. The second kappa shape index (κ2) is 5.93. The zero-order valence-corrected chi connectivity index (χ0v) is 15.6. The standard InChI is InChI=1S/C16H19N3O4S2/c1-9-16(10(2)23-18-9)13-3-4-15(24-13)25(21,22)19-6-5-12-11(8-19)7-14(20)17-12/h3-4,11-12H,5-8H2,1-2H3,(H,17,20)/t11-,12+/m1/s1. The number of amides is 1. The van der Waals surface area contributed by atoms with Gasteiger partial charge in [0.25, 0.3) is 10.0 Å². The average molecular weight is 381 g/mol. The van der Waals surface area contributed by atoms with Gasteiger partial charge in [-0.1, -0.05) is 5.16 Å². The molecule has 2 aliphatic rings. The molecule has 2 aromatic rings. The van der Waals surface area contributed by atoms with Crippen LogP contribution in [0.1, 0.15) is 24.3 Å². The van der Waals surface area contributed by atoms with Crippen LogP contribution in [0.5, 0.6) is 0 Å². The topological polar surface area (TPSA) is 92.5 Å². The molecule has 25 heavy (non-hydrogen) atoms. The van der Waals surface area contributed by atoms with Crippen molar-refractivity contribution in [3.63, 3.8) is 0 Å². The summed E-state index contributed by atoms with van der Waals surface area (Å²) in [7, 11) is -3.55. The van der Waals surface area contributed by atoms with E-state index in [0.29, 0.717) is 35.9 Å². The number of aromatic nitrogens is 1. The van der Waals surface area contributed by atoms with Gasteiger partial charge in [0.15, 0.2) is 0 Å². The lowest BCUT2D eigenvalue weighted by Gasteiger charge is -2.33. The van der Waals surface area contributed by atoms with Crippen molar-refractivity contribution in [1.29, 1.82) is 0 Å². The van der Waals surface area contributed by atoms with Crippen molar-refractivity contribution in [3.8, 4) is 10.4 Å². The molecule has 0 unspecified atom stereocenters. The number of hydrogen-bond acceptors (Lipinski definition) is 6. The first-order valence-electron chi connectivity index (χ1n) is 8.19. The van der Waals surface area contributed by atoms with E-state index in [1.54, 1.807) is 12.1 Å². The van der Waals surface area contributed by atoms with Crippen molar-refractivity contribution in [1.82, 2.24) is 14.8 Å². The quantitative estimate of drug-likeness (QED) is 0.877. The minimum Gasteiger partial charge on any atom is -0.361 e. The lowest BCUT2D eigenvalue weighted by molar-refractivity contribution is -0.119. The zero-order valence-electron chi connectivity index (χ0n) is 14.0. The van der Waals surface area contributed by atoms with Gasteiger partial charge in [-0.2, -0.15) is 4.31 Å². The van der Waals surface area contributed by atoms with Crippen molar-refractivity contribution in [2.75, 3.05) is 13.1 Å². The maximum absolute atomic E-state index is 13.0. The van der Waals surface area contributed by atoms with Gasteiger partial charge in [0, 0.05) is 36.3 Å². The molecule has 0 bridgehead atoms. The first-order chi connectivity index (χ1) is 11.9. The Kier molecular flexibility index (Phi) is 3.97. The highest BCUT2D eigenvalue weighted by molar-refractivity contribution is 7.91. The largest absolute Gasteiger partial charge is 0.361 e. The third-order valence-corrected chi connectivity index (χ3v) is 8.38. The summed E-state index contributed by atoms with van der Waals surface area (Å²) >= 11 is 1.23. The fourth-order valence-electron chi connectivity index (χ4n) is 3.67. The SMILES string of the molecule is Cc1noc(C)c1-c1ccc(S(=O)(=O)N2CC[C@@H]3NC(=O)C[C@@H]3C2)s1. The fraction of sp³-hybridized carbons (Fsp3) is 0.500. The molecule has 1 N–H and O–H groups in total. The van der Waals surface area contributed by atoms with Crippen LogP contribution in [0.2, 0.25) is 0 Å². The Morgan fingerprint density at radius 2 is 2.16 bits per heavy atom. The summed E-state index contributed by atoms with van der Waals surface area (Å²) in [5.41, 5.74) is 1.61. The van der Waals surface area contributed by atoms with Crippen LogP contribution < -0.4 is 5.32 Å². The molecule has 4 heterocycles. The summed E-state index contributed by atoms with van der Waals surface area (Å²) in [6.45, 7) is 4.49. The molecule has 2 aromatic heterocycles. The molecule has 0 spiro atoms. The van der Waals surface area contributed by atoms with Crippen molar-refractivity contribution >= 4 is 27.3 Å². The number of carbonyl (C=O) groups is 1. The van der Waals surface area contributed by atoms with Crippen molar-refractivity contribution in [2.45, 2.75) is 36.9 Å². The van der Waals surface area contributed by atoms with Crippen LogP contribution in [-0.4, -0.2) is 42.9 Å². The van der Waals surface area contributed by atoms with Gasteiger partial charge >= 0.3 is 0 Å². The molecular formula is C16H19N3O4S2. The average Bonchev–Trinajstić information content (AvgIpc) is 3.24. The molecular weight excluding hydrogens is 362 g/mol. The molecule has 0 saturated carbocycles. The number of nitrogens with one attached hydrogen (secondary N) is 1. The van der Waals surface area contributed by atoms with Crippen LogP contribution in [0.4, 0.5) is 0 Å². The second-order valence-electron chi connectivity index (χ2n) is 6.61. The van der Waals surface area contributed by atoms with Crippen molar-refractivity contribution in [2.24, 2.45) is 5.92 Å². The smallest absolute Gasteiger partial charge is 0.252 e. The first kappa shape index (κ1) is 16.7. The number of aryl methyl sites for hydroxylation is 2. The summed E-state index contributed by atoms with van der Waals surface area (Å²) in [5.74, 6) is 0.767. The van der Waals surface area contributed by atoms with E-state index in [-0.39, 0.29) is 17.9 Å². The second-order valence-corrected chi connectivity index (χ2v) is 9.86. The third kappa shape index (κ3) is 2.80. The fourth-order valence-corrected chi connectivity index (χ4v) is 6.79. The third-order valence-electron chi connectivity index (χ3n) is 4.95. The summed E-state index contributed by atoms with van der Waals surface area (Å²) in [6, 6.07) is 3.56. The highest BCUT2D eigenvalue weighted by Crippen LogP contribution is 2.37. The Hall–Kier alpha value is -1.71. The number of piperidine rings is 1. The summed E-state index contributed by atoms with van der Waals surface area (Å²) in [5, 5.41) is 6.86. The van der Waals surface area contributed by atoms with E-state index in [1.807, 2.05) is 13.8 Å². The lowest BCUT2D eigenvalue weighted by Crippen LogP contribution is -2.46. The van der Waals surface area contributed by atoms with Crippen LogP contribution in [0, 0.1) is 19.8 Å². The Morgan fingerprint density at radius 1 is 1.36 bits per heavy atom. The number of fused-ring (bicyclic) bond motifs is 1. The van der Waals surface area contributed by atoms with E-state index in [0.717, 1.165) is 16.1 Å². The van der Waals surface area contributed by atoms with Crippen molar-refractivity contribution in [3.05, 3.63) is 23.6 Å². The molecule has 2 atom stereocenters. The zero-order chi connectivity index (χ0) is 17.8. The van der Waals surface area contributed by atoms with Crippen LogP contribution in [0.15, 0.2) is 20.9 Å². The van der Waals surface area contributed by atoms with Gasteiger partial charge in [0.1, 0.15) is 9.97 Å². The Labute approximate surface area is 150 Å². The van der Waals surface area contributed by atoms with E-state index in [4.69, 9.17) is 4.52 Å². The molecule has 2 aliphatic heterocycles. The summed E-state index contributed by atoms with van der Waals surface area (Å²) in [6.07, 6.45) is 1.07. The van der Waals surface area contributed by atoms with Gasteiger partial charge in [0.2, 0.25) is 5.91 Å². The molecule has 9 heteroatoms. The predicted octanol–water partition coefficient (Wildman–Crippen LogP) is 1.92. The number of nitrogens with zero attached hydrogens (tertiary/aromatic N) is 2. The number of carbonyl (C=O) groups excluding carboxylic acids is 1. The first-order valence-corrected chi connectivity index (χ1v) is 10.4. The minimum atomic E-state index is -3.55. The van der Waals surface area contributed by atoms with E-state index in [9.17, 15) is 13.2 Å². The molecule has 0 aromatic carbocycles. The van der Waals surface area contributed by atoms with Gasteiger partial charge in [-0.3, -0.25) is 4.79 Å². The molecule has 2 saturated heterocycles. The highest BCUT2D eigenvalue weighted by Gasteiger charge is 2.41. The minimum absolute atomic E-state index is 0.0195. The van der Waals surface area contributed by atoms with Gasteiger partial charge < -0.3 is 9.84 Å².